The van der Waals surface area contributed by atoms with E-state index in [0.29, 0.717) is 28.3 Å². The number of methoxy groups -OCH3 is 1. The summed E-state index contributed by atoms with van der Waals surface area (Å²) in [5.41, 5.74) is -2.56. The second kappa shape index (κ2) is 10.7. The van der Waals surface area contributed by atoms with Gasteiger partial charge in [0, 0.05) is 35.1 Å². The second-order valence-corrected chi connectivity index (χ2v) is 7.69. The molecule has 6 nitrogen and oxygen atoms in total. The van der Waals surface area contributed by atoms with E-state index in [0.717, 1.165) is 0 Å². The Balaban J connectivity index is 1.62. The number of halogens is 3. The van der Waals surface area contributed by atoms with Crippen molar-refractivity contribution in [1.29, 1.82) is 0 Å². The van der Waals surface area contributed by atoms with E-state index in [4.69, 9.17) is 4.74 Å². The molecule has 0 spiro atoms. The molecule has 3 aromatic rings. The van der Waals surface area contributed by atoms with Crippen molar-refractivity contribution in [2.45, 2.75) is 10.4 Å². The fourth-order valence-corrected chi connectivity index (χ4v) is 3.24. The minimum Gasteiger partial charge on any atom is -0.494 e. The first kappa shape index (κ1) is 23.9. The Hall–Kier alpha value is -3.79. The van der Waals surface area contributed by atoms with Crippen LogP contribution in [0.25, 0.3) is 6.08 Å². The molecule has 1 aromatic heterocycles. The van der Waals surface area contributed by atoms with Crippen molar-refractivity contribution in [2.24, 2.45) is 0 Å². The minimum absolute atomic E-state index is 0.0619. The molecule has 0 saturated carbocycles. The highest BCUT2D eigenvalue weighted by Crippen LogP contribution is 2.36. The van der Waals surface area contributed by atoms with Gasteiger partial charge in [-0.05, 0) is 59.8 Å². The quantitative estimate of drug-likeness (QED) is 0.345. The summed E-state index contributed by atoms with van der Waals surface area (Å²) in [6.45, 7) is 0. The molecule has 33 heavy (non-hydrogen) atoms. The van der Waals surface area contributed by atoms with Crippen molar-refractivity contribution in [2.75, 3.05) is 17.7 Å². The van der Waals surface area contributed by atoms with Gasteiger partial charge in [0.2, 0.25) is 5.91 Å². The molecule has 0 unspecified atom stereocenters. The average Bonchev–Trinajstić information content (AvgIpc) is 2.79. The van der Waals surface area contributed by atoms with Crippen LogP contribution in [-0.4, -0.2) is 29.4 Å². The number of carbonyl (C=O) groups is 2. The molecule has 0 aliphatic heterocycles. The third-order valence-corrected chi connectivity index (χ3v) is 4.92. The van der Waals surface area contributed by atoms with Crippen LogP contribution in [0.15, 0.2) is 78.0 Å². The topological polar surface area (TPSA) is 80.3 Å². The molecule has 0 aliphatic rings. The second-order valence-electron chi connectivity index (χ2n) is 6.55. The number of hydrogen-bond acceptors (Lipinski definition) is 5. The van der Waals surface area contributed by atoms with Gasteiger partial charge < -0.3 is 15.4 Å². The molecule has 10 heteroatoms. The molecule has 3 rings (SSSR count). The Kier molecular flexibility index (Phi) is 7.73. The zero-order valence-corrected chi connectivity index (χ0v) is 18.0. The van der Waals surface area contributed by atoms with E-state index in [-0.39, 0.29) is 22.6 Å². The van der Waals surface area contributed by atoms with E-state index in [2.05, 4.69) is 15.6 Å². The van der Waals surface area contributed by atoms with E-state index < -0.39 is 11.4 Å². The number of carbonyl (C=O) groups excluding carboxylic acids is 2. The Labute approximate surface area is 191 Å². The molecule has 0 radical (unpaired) electrons. The molecular weight excluding hydrogens is 455 g/mol. The lowest BCUT2D eigenvalue weighted by molar-refractivity contribution is -0.111. The summed E-state index contributed by atoms with van der Waals surface area (Å²) in [7, 11) is 1.43. The minimum atomic E-state index is -4.35. The number of benzene rings is 2. The van der Waals surface area contributed by atoms with Gasteiger partial charge in [0.1, 0.15) is 5.75 Å². The third-order valence-electron chi connectivity index (χ3n) is 4.18. The predicted molar refractivity (Wildman–Crippen MR) is 121 cm³/mol. The molecule has 2 N–H and O–H groups in total. The van der Waals surface area contributed by atoms with Crippen molar-refractivity contribution < 1.29 is 27.5 Å². The smallest absolute Gasteiger partial charge is 0.446 e. The van der Waals surface area contributed by atoms with Crippen molar-refractivity contribution >= 4 is 41.0 Å². The van der Waals surface area contributed by atoms with E-state index in [1.807, 2.05) is 0 Å². The molecule has 170 valence electrons. The van der Waals surface area contributed by atoms with E-state index in [1.54, 1.807) is 36.5 Å². The Morgan fingerprint density at radius 2 is 1.82 bits per heavy atom. The lowest BCUT2D eigenvalue weighted by Gasteiger charge is -2.12. The van der Waals surface area contributed by atoms with Crippen LogP contribution in [0.1, 0.15) is 15.9 Å². The van der Waals surface area contributed by atoms with Gasteiger partial charge in [-0.1, -0.05) is 12.1 Å². The van der Waals surface area contributed by atoms with Crippen LogP contribution in [0.4, 0.5) is 24.5 Å². The number of pyridine rings is 1. The summed E-state index contributed by atoms with van der Waals surface area (Å²) < 4.78 is 42.5. The van der Waals surface area contributed by atoms with Crippen molar-refractivity contribution in [3.63, 3.8) is 0 Å². The maximum absolute atomic E-state index is 12.4. The summed E-state index contributed by atoms with van der Waals surface area (Å²) >= 11 is -0.202. The number of nitrogens with one attached hydrogen (secondary N) is 2. The number of anilines is 2. The Morgan fingerprint density at radius 1 is 1.06 bits per heavy atom. The van der Waals surface area contributed by atoms with Crippen molar-refractivity contribution in [3.8, 4) is 5.75 Å². The summed E-state index contributed by atoms with van der Waals surface area (Å²) in [5, 5.41) is 5.38. The maximum Gasteiger partial charge on any atom is 0.446 e. The highest BCUT2D eigenvalue weighted by atomic mass is 32.2. The lowest BCUT2D eigenvalue weighted by Crippen LogP contribution is -2.13. The zero-order valence-electron chi connectivity index (χ0n) is 17.2. The standard InChI is InChI=1S/C23H18F3N3O3S/c1-32-20-13-17(7-10-19(20)29-22(31)16-3-2-12-27-14-16)28-21(30)11-6-15-4-8-18(9-5-15)33-23(24,25)26/h2-14H,1H3,(H,28,30)(H,29,31)/b11-6+. The summed E-state index contributed by atoms with van der Waals surface area (Å²) in [5.74, 6) is -0.467. The number of thioether (sulfide) groups is 1. The van der Waals surface area contributed by atoms with Crippen molar-refractivity contribution in [1.82, 2.24) is 4.98 Å². The maximum atomic E-state index is 12.4. The normalized spacial score (nSPS) is 11.3. The summed E-state index contributed by atoms with van der Waals surface area (Å²) in [4.78, 5) is 28.5. The molecule has 0 atom stereocenters. The fraction of sp³-hybridized carbons (Fsp3) is 0.0870. The first-order valence-electron chi connectivity index (χ1n) is 9.48. The summed E-state index contributed by atoms with van der Waals surface area (Å²) in [6, 6.07) is 13.6. The average molecular weight is 473 g/mol. The van der Waals surface area contributed by atoms with Crippen LogP contribution < -0.4 is 15.4 Å². The largest absolute Gasteiger partial charge is 0.494 e. The zero-order chi connectivity index (χ0) is 23.8. The van der Waals surface area contributed by atoms with Crippen molar-refractivity contribution in [3.05, 3.63) is 84.2 Å². The third kappa shape index (κ3) is 7.39. The van der Waals surface area contributed by atoms with Crippen LogP contribution in [0.2, 0.25) is 0 Å². The number of aromatic nitrogens is 1. The van der Waals surface area contributed by atoms with Crippen LogP contribution in [0, 0.1) is 0 Å². The lowest BCUT2D eigenvalue weighted by atomic mass is 10.2. The number of alkyl halides is 3. The van der Waals surface area contributed by atoms with Gasteiger partial charge in [0.15, 0.2) is 0 Å². The molecular formula is C23H18F3N3O3S. The fourth-order valence-electron chi connectivity index (χ4n) is 2.70. The van der Waals surface area contributed by atoms with Gasteiger partial charge in [0.25, 0.3) is 5.91 Å². The molecule has 0 fully saturated rings. The number of ether oxygens (including phenoxy) is 1. The van der Waals surface area contributed by atoms with Crippen LogP contribution >= 0.6 is 11.8 Å². The molecule has 2 aromatic carbocycles. The Bertz CT molecular complexity index is 1150. The van der Waals surface area contributed by atoms with Gasteiger partial charge >= 0.3 is 5.51 Å². The highest BCUT2D eigenvalue weighted by molar-refractivity contribution is 8.00. The van der Waals surface area contributed by atoms with Gasteiger partial charge in [-0.15, -0.1) is 0 Å². The number of hydrogen-bond donors (Lipinski definition) is 2. The van der Waals surface area contributed by atoms with Crippen LogP contribution in [0.3, 0.4) is 0 Å². The number of amides is 2. The molecule has 0 aliphatic carbocycles. The molecule has 1 heterocycles. The summed E-state index contributed by atoms with van der Waals surface area (Å²) in [6.07, 6.45) is 5.74. The SMILES string of the molecule is COc1cc(NC(=O)/C=C/c2ccc(SC(F)(F)F)cc2)ccc1NC(=O)c1cccnc1. The van der Waals surface area contributed by atoms with Gasteiger partial charge in [-0.25, -0.2) is 0 Å². The Morgan fingerprint density at radius 3 is 2.45 bits per heavy atom. The van der Waals surface area contributed by atoms with E-state index in [1.165, 1.54) is 49.7 Å². The number of rotatable bonds is 7. The highest BCUT2D eigenvalue weighted by Gasteiger charge is 2.28. The molecule has 2 amide bonds. The van der Waals surface area contributed by atoms with Gasteiger partial charge in [-0.2, -0.15) is 13.2 Å². The van der Waals surface area contributed by atoms with E-state index in [9.17, 15) is 22.8 Å². The molecule has 0 bridgehead atoms. The monoisotopic (exact) mass is 473 g/mol. The first-order valence-corrected chi connectivity index (χ1v) is 10.3. The van der Waals surface area contributed by atoms with Gasteiger partial charge in [0.05, 0.1) is 18.4 Å². The van der Waals surface area contributed by atoms with Gasteiger partial charge in [-0.3, -0.25) is 14.6 Å². The van der Waals surface area contributed by atoms with E-state index >= 15 is 0 Å². The number of nitrogens with zero attached hydrogens (tertiary/aromatic N) is 1. The molecule has 0 saturated heterocycles. The predicted octanol–water partition coefficient (Wildman–Crippen LogP) is 5.61. The van der Waals surface area contributed by atoms with Crippen LogP contribution in [0.5, 0.6) is 5.75 Å². The van der Waals surface area contributed by atoms with Crippen LogP contribution in [-0.2, 0) is 4.79 Å². The first-order chi connectivity index (χ1) is 15.7.